The third kappa shape index (κ3) is 3.55. The first-order chi connectivity index (χ1) is 15.5. The smallest absolute Gasteiger partial charge is 0.283 e. The number of nitrogens with zero attached hydrogens (tertiary/aromatic N) is 2. The van der Waals surface area contributed by atoms with Gasteiger partial charge in [-0.25, -0.2) is 0 Å². The van der Waals surface area contributed by atoms with Crippen LogP contribution in [-0.2, 0) is 4.79 Å². The molecule has 0 saturated heterocycles. The standard InChI is InChI=1S/C24H16ClN3O3S/c1-30-21-9-7-15(11-18(21)25)20-10-8-16(31-20)12-17-22(26)28-19(14-5-3-2-4-6-14)13-32-24(28)27-23(17)29/h2-13,26H,1H3/b17-12+,26-22?. The van der Waals surface area contributed by atoms with Crippen molar-refractivity contribution in [3.8, 4) is 17.1 Å². The van der Waals surface area contributed by atoms with Crippen molar-refractivity contribution in [1.82, 2.24) is 4.90 Å². The molecule has 2 aliphatic rings. The SMILES string of the molecule is COc1ccc(-c2ccc(/C=C3\C(=N)N4C(c5ccccc5)=CSC4=NC3=O)o2)cc1Cl. The quantitative estimate of drug-likeness (QED) is 0.488. The van der Waals surface area contributed by atoms with Gasteiger partial charge in [0.15, 0.2) is 5.17 Å². The number of fused-ring (bicyclic) bond motifs is 1. The van der Waals surface area contributed by atoms with Gasteiger partial charge in [0.05, 0.1) is 23.4 Å². The lowest BCUT2D eigenvalue weighted by Crippen LogP contribution is -2.37. The molecule has 5 rings (SSSR count). The summed E-state index contributed by atoms with van der Waals surface area (Å²) in [6.45, 7) is 0. The molecule has 6 nitrogen and oxygen atoms in total. The number of amidine groups is 2. The van der Waals surface area contributed by atoms with Crippen molar-refractivity contribution < 1.29 is 13.9 Å². The molecule has 0 aliphatic carbocycles. The van der Waals surface area contributed by atoms with E-state index in [1.54, 1.807) is 42.4 Å². The van der Waals surface area contributed by atoms with Crippen molar-refractivity contribution in [2.75, 3.05) is 7.11 Å². The number of furan rings is 1. The highest BCUT2D eigenvalue weighted by molar-refractivity contribution is 8.17. The minimum atomic E-state index is -0.470. The number of methoxy groups -OCH3 is 1. The average molecular weight is 462 g/mol. The molecular weight excluding hydrogens is 446 g/mol. The van der Waals surface area contributed by atoms with Crippen LogP contribution in [-0.4, -0.2) is 28.9 Å². The molecule has 2 aliphatic heterocycles. The Labute approximate surface area is 193 Å². The van der Waals surface area contributed by atoms with Gasteiger partial charge in [0, 0.05) is 11.0 Å². The summed E-state index contributed by atoms with van der Waals surface area (Å²) >= 11 is 7.55. The van der Waals surface area contributed by atoms with Crippen LogP contribution in [0.1, 0.15) is 11.3 Å². The van der Waals surface area contributed by atoms with Gasteiger partial charge in [0.25, 0.3) is 5.91 Å². The van der Waals surface area contributed by atoms with Crippen LogP contribution in [0.2, 0.25) is 5.02 Å². The first kappa shape index (κ1) is 20.4. The van der Waals surface area contributed by atoms with E-state index < -0.39 is 5.91 Å². The van der Waals surface area contributed by atoms with E-state index in [-0.39, 0.29) is 11.4 Å². The molecule has 2 aromatic carbocycles. The zero-order valence-corrected chi connectivity index (χ0v) is 18.4. The van der Waals surface area contributed by atoms with E-state index in [1.165, 1.54) is 11.8 Å². The van der Waals surface area contributed by atoms with Crippen LogP contribution in [0.15, 0.2) is 81.1 Å². The number of aliphatic imine (C=N–C) groups is 1. The zero-order chi connectivity index (χ0) is 22.2. The van der Waals surface area contributed by atoms with E-state index in [4.69, 9.17) is 26.2 Å². The van der Waals surface area contributed by atoms with E-state index in [1.807, 2.05) is 41.8 Å². The summed E-state index contributed by atoms with van der Waals surface area (Å²) in [6, 6.07) is 18.6. The number of carbonyl (C=O) groups excluding carboxylic acids is 1. The van der Waals surface area contributed by atoms with E-state index in [0.717, 1.165) is 16.8 Å². The van der Waals surface area contributed by atoms with E-state index >= 15 is 0 Å². The molecule has 0 saturated carbocycles. The van der Waals surface area contributed by atoms with Crippen LogP contribution in [0.4, 0.5) is 0 Å². The molecule has 0 spiro atoms. The second kappa shape index (κ2) is 8.18. The Hall–Kier alpha value is -3.55. The highest BCUT2D eigenvalue weighted by Crippen LogP contribution is 2.37. The van der Waals surface area contributed by atoms with Crippen molar-refractivity contribution in [2.24, 2.45) is 4.99 Å². The number of nitrogens with one attached hydrogen (secondary N) is 1. The lowest BCUT2D eigenvalue weighted by Gasteiger charge is -2.26. The molecule has 1 amide bonds. The maximum atomic E-state index is 12.7. The van der Waals surface area contributed by atoms with Gasteiger partial charge in [-0.05, 0) is 42.0 Å². The Bertz CT molecular complexity index is 1340. The lowest BCUT2D eigenvalue weighted by atomic mass is 10.1. The summed E-state index contributed by atoms with van der Waals surface area (Å²) in [4.78, 5) is 18.5. The number of hydrogen-bond donors (Lipinski definition) is 1. The van der Waals surface area contributed by atoms with Crippen molar-refractivity contribution >= 4 is 52.0 Å². The van der Waals surface area contributed by atoms with Gasteiger partial charge in [-0.1, -0.05) is 53.7 Å². The maximum Gasteiger partial charge on any atom is 0.283 e. The molecule has 1 N–H and O–H groups in total. The van der Waals surface area contributed by atoms with Gasteiger partial charge in [0.2, 0.25) is 0 Å². The number of thioether (sulfide) groups is 1. The summed E-state index contributed by atoms with van der Waals surface area (Å²) in [5, 5.41) is 11.6. The van der Waals surface area contributed by atoms with Crippen molar-refractivity contribution in [3.05, 3.63) is 88.0 Å². The molecule has 158 valence electrons. The Balaban J connectivity index is 1.46. The molecule has 0 fully saturated rings. The van der Waals surface area contributed by atoms with E-state index in [9.17, 15) is 4.79 Å². The molecule has 32 heavy (non-hydrogen) atoms. The van der Waals surface area contributed by atoms with Gasteiger partial charge in [0.1, 0.15) is 23.1 Å². The summed E-state index contributed by atoms with van der Waals surface area (Å²) in [5.74, 6) is 1.19. The fourth-order valence-corrected chi connectivity index (χ4v) is 4.61. The van der Waals surface area contributed by atoms with Crippen LogP contribution in [0.25, 0.3) is 23.1 Å². The molecule has 1 aromatic heterocycles. The minimum Gasteiger partial charge on any atom is -0.495 e. The average Bonchev–Trinajstić information content (AvgIpc) is 3.44. The number of carbonyl (C=O) groups is 1. The third-order valence-corrected chi connectivity index (χ3v) is 6.15. The number of benzene rings is 2. The Morgan fingerprint density at radius 2 is 1.94 bits per heavy atom. The van der Waals surface area contributed by atoms with Gasteiger partial charge in [-0.3, -0.25) is 15.1 Å². The Morgan fingerprint density at radius 1 is 1.12 bits per heavy atom. The first-order valence-corrected chi connectivity index (χ1v) is 10.9. The fraction of sp³-hybridized carbons (Fsp3) is 0.0417. The normalized spacial score (nSPS) is 16.8. The molecule has 3 aromatic rings. The maximum absolute atomic E-state index is 12.7. The summed E-state index contributed by atoms with van der Waals surface area (Å²) in [7, 11) is 1.55. The van der Waals surface area contributed by atoms with E-state index in [2.05, 4.69) is 4.99 Å². The minimum absolute atomic E-state index is 0.0607. The second-order valence-corrected chi connectivity index (χ2v) is 8.22. The Kier molecular flexibility index (Phi) is 5.20. The van der Waals surface area contributed by atoms with Gasteiger partial charge < -0.3 is 9.15 Å². The third-order valence-electron chi connectivity index (χ3n) is 5.03. The monoisotopic (exact) mass is 461 g/mol. The molecule has 8 heteroatoms. The Morgan fingerprint density at radius 3 is 2.69 bits per heavy atom. The molecule has 0 bridgehead atoms. The van der Waals surface area contributed by atoms with Crippen LogP contribution in [0.5, 0.6) is 5.75 Å². The van der Waals surface area contributed by atoms with Crippen LogP contribution < -0.4 is 4.74 Å². The predicted octanol–water partition coefficient (Wildman–Crippen LogP) is 5.91. The second-order valence-electron chi connectivity index (χ2n) is 6.98. The number of hydrogen-bond acceptors (Lipinski definition) is 5. The lowest BCUT2D eigenvalue weighted by molar-refractivity contribution is -0.114. The largest absolute Gasteiger partial charge is 0.495 e. The predicted molar refractivity (Wildman–Crippen MR) is 128 cm³/mol. The first-order valence-electron chi connectivity index (χ1n) is 9.65. The highest BCUT2D eigenvalue weighted by atomic mass is 35.5. The molecule has 0 unspecified atom stereocenters. The highest BCUT2D eigenvalue weighted by Gasteiger charge is 2.36. The van der Waals surface area contributed by atoms with E-state index in [0.29, 0.717) is 27.5 Å². The molecular formula is C24H16ClN3O3S. The van der Waals surface area contributed by atoms with Crippen molar-refractivity contribution in [2.45, 2.75) is 0 Å². The molecule has 3 heterocycles. The fourth-order valence-electron chi connectivity index (χ4n) is 3.46. The number of halogens is 1. The van der Waals surface area contributed by atoms with Crippen molar-refractivity contribution in [1.29, 1.82) is 5.41 Å². The van der Waals surface area contributed by atoms with Crippen LogP contribution in [0, 0.1) is 5.41 Å². The zero-order valence-electron chi connectivity index (χ0n) is 16.8. The summed E-state index contributed by atoms with van der Waals surface area (Å²) in [5.41, 5.74) is 2.69. The van der Waals surface area contributed by atoms with Crippen LogP contribution in [0.3, 0.4) is 0 Å². The topological polar surface area (TPSA) is 78.9 Å². The number of rotatable bonds is 4. The van der Waals surface area contributed by atoms with Crippen LogP contribution >= 0.6 is 23.4 Å². The molecule has 0 radical (unpaired) electrons. The van der Waals surface area contributed by atoms with Gasteiger partial charge >= 0.3 is 0 Å². The summed E-state index contributed by atoms with van der Waals surface area (Å²) < 4.78 is 11.1. The summed E-state index contributed by atoms with van der Waals surface area (Å²) in [6.07, 6.45) is 1.55. The van der Waals surface area contributed by atoms with Gasteiger partial charge in [-0.15, -0.1) is 0 Å². The van der Waals surface area contributed by atoms with Gasteiger partial charge in [-0.2, -0.15) is 4.99 Å². The van der Waals surface area contributed by atoms with Crippen molar-refractivity contribution in [3.63, 3.8) is 0 Å². The number of amides is 1. The number of ether oxygens (including phenoxy) is 1. The molecule has 0 atom stereocenters.